The van der Waals surface area contributed by atoms with Crippen molar-refractivity contribution in [1.29, 1.82) is 0 Å². The third-order valence-electron chi connectivity index (χ3n) is 2.77. The maximum absolute atomic E-state index is 10.4. The summed E-state index contributed by atoms with van der Waals surface area (Å²) in [5.41, 5.74) is -0.593. The normalized spacial score (nSPS) is 27.6. The Kier molecular flexibility index (Phi) is 3.67. The Morgan fingerprint density at radius 1 is 1.40 bits per heavy atom. The lowest BCUT2D eigenvalue weighted by atomic mass is 9.91. The Morgan fingerprint density at radius 2 is 2.27 bits per heavy atom. The SMILES string of the molecule is OC1(Cc2ccc(Cl)s2)CCCOCC1. The van der Waals surface area contributed by atoms with Crippen molar-refractivity contribution >= 4 is 22.9 Å². The molecule has 2 nitrogen and oxygen atoms in total. The minimum atomic E-state index is -0.593. The van der Waals surface area contributed by atoms with Gasteiger partial charge in [0.25, 0.3) is 0 Å². The largest absolute Gasteiger partial charge is 0.389 e. The molecule has 0 bridgehead atoms. The molecule has 0 aromatic carbocycles. The molecule has 1 aliphatic heterocycles. The van der Waals surface area contributed by atoms with E-state index in [2.05, 4.69) is 0 Å². The third kappa shape index (κ3) is 3.18. The second kappa shape index (κ2) is 4.83. The third-order valence-corrected chi connectivity index (χ3v) is 4.01. The van der Waals surface area contributed by atoms with Gasteiger partial charge in [0, 0.05) is 24.5 Å². The second-order valence-electron chi connectivity index (χ2n) is 4.07. The molecule has 84 valence electrons. The fourth-order valence-electron chi connectivity index (χ4n) is 1.94. The first-order chi connectivity index (χ1) is 7.18. The van der Waals surface area contributed by atoms with Gasteiger partial charge in [0.1, 0.15) is 0 Å². The first-order valence-electron chi connectivity index (χ1n) is 5.22. The molecule has 1 atom stereocenters. The summed E-state index contributed by atoms with van der Waals surface area (Å²) in [7, 11) is 0. The Morgan fingerprint density at radius 3 is 3.00 bits per heavy atom. The molecule has 0 saturated carbocycles. The van der Waals surface area contributed by atoms with Crippen molar-refractivity contribution in [3.63, 3.8) is 0 Å². The monoisotopic (exact) mass is 246 g/mol. The summed E-state index contributed by atoms with van der Waals surface area (Å²) >= 11 is 7.42. The van der Waals surface area contributed by atoms with Crippen molar-refractivity contribution in [1.82, 2.24) is 0 Å². The molecule has 1 aromatic rings. The molecule has 1 fully saturated rings. The molecule has 1 aromatic heterocycles. The fraction of sp³-hybridized carbons (Fsp3) is 0.636. The van der Waals surface area contributed by atoms with Gasteiger partial charge in [0.2, 0.25) is 0 Å². The number of halogens is 1. The van der Waals surface area contributed by atoms with Gasteiger partial charge in [-0.2, -0.15) is 0 Å². The van der Waals surface area contributed by atoms with Crippen LogP contribution in [-0.4, -0.2) is 23.9 Å². The van der Waals surface area contributed by atoms with Crippen molar-refractivity contribution in [2.45, 2.75) is 31.3 Å². The van der Waals surface area contributed by atoms with E-state index in [0.29, 0.717) is 13.0 Å². The van der Waals surface area contributed by atoms with Crippen LogP contribution >= 0.6 is 22.9 Å². The van der Waals surface area contributed by atoms with Crippen LogP contribution in [-0.2, 0) is 11.2 Å². The Bertz CT molecular complexity index is 316. The van der Waals surface area contributed by atoms with Gasteiger partial charge >= 0.3 is 0 Å². The van der Waals surface area contributed by atoms with Crippen LogP contribution < -0.4 is 0 Å². The van der Waals surface area contributed by atoms with Crippen LogP contribution in [0.4, 0.5) is 0 Å². The maximum atomic E-state index is 10.4. The topological polar surface area (TPSA) is 29.5 Å². The van der Waals surface area contributed by atoms with Gasteiger partial charge in [0.05, 0.1) is 9.94 Å². The Hall–Kier alpha value is -0.0900. The van der Waals surface area contributed by atoms with Crippen molar-refractivity contribution in [2.24, 2.45) is 0 Å². The first kappa shape index (κ1) is 11.4. The van der Waals surface area contributed by atoms with Gasteiger partial charge in [-0.05, 0) is 31.4 Å². The van der Waals surface area contributed by atoms with Gasteiger partial charge in [-0.25, -0.2) is 0 Å². The zero-order valence-electron chi connectivity index (χ0n) is 8.54. The summed E-state index contributed by atoms with van der Waals surface area (Å²) in [6.07, 6.45) is 3.19. The van der Waals surface area contributed by atoms with E-state index < -0.39 is 5.60 Å². The quantitative estimate of drug-likeness (QED) is 0.870. The first-order valence-corrected chi connectivity index (χ1v) is 6.42. The van der Waals surface area contributed by atoms with Gasteiger partial charge in [-0.1, -0.05) is 11.6 Å². The summed E-state index contributed by atoms with van der Waals surface area (Å²) in [6.45, 7) is 1.43. The molecule has 0 spiro atoms. The van der Waals surface area contributed by atoms with Crippen LogP contribution in [0, 0.1) is 0 Å². The average Bonchev–Trinajstić information content (AvgIpc) is 2.46. The highest BCUT2D eigenvalue weighted by molar-refractivity contribution is 7.16. The van der Waals surface area contributed by atoms with E-state index in [1.807, 2.05) is 12.1 Å². The van der Waals surface area contributed by atoms with E-state index in [4.69, 9.17) is 16.3 Å². The van der Waals surface area contributed by atoms with Gasteiger partial charge in [-0.15, -0.1) is 11.3 Å². The molecule has 0 aliphatic carbocycles. The maximum Gasteiger partial charge on any atom is 0.0931 e. The predicted octanol–water partition coefficient (Wildman–Crippen LogP) is 2.88. The lowest BCUT2D eigenvalue weighted by Crippen LogP contribution is -2.31. The molecule has 1 saturated heterocycles. The zero-order valence-corrected chi connectivity index (χ0v) is 10.1. The highest BCUT2D eigenvalue weighted by Crippen LogP contribution is 2.30. The van der Waals surface area contributed by atoms with E-state index in [9.17, 15) is 5.11 Å². The zero-order chi connectivity index (χ0) is 10.7. The van der Waals surface area contributed by atoms with Gasteiger partial charge in [-0.3, -0.25) is 0 Å². The molecular weight excluding hydrogens is 232 g/mol. The fourth-order valence-corrected chi connectivity index (χ4v) is 3.16. The van der Waals surface area contributed by atoms with Gasteiger partial charge < -0.3 is 9.84 Å². The van der Waals surface area contributed by atoms with Crippen molar-refractivity contribution in [3.05, 3.63) is 21.3 Å². The summed E-state index contributed by atoms with van der Waals surface area (Å²) < 4.78 is 6.14. The lowest BCUT2D eigenvalue weighted by Gasteiger charge is -2.25. The lowest BCUT2D eigenvalue weighted by molar-refractivity contribution is 0.0196. The van der Waals surface area contributed by atoms with E-state index in [1.54, 1.807) is 11.3 Å². The number of thiophene rings is 1. The summed E-state index contributed by atoms with van der Waals surface area (Å²) in [5.74, 6) is 0. The Labute approximate surface area is 98.8 Å². The van der Waals surface area contributed by atoms with Crippen LogP contribution in [0.5, 0.6) is 0 Å². The van der Waals surface area contributed by atoms with Crippen LogP contribution in [0.3, 0.4) is 0 Å². The molecule has 0 amide bonds. The minimum absolute atomic E-state index is 0.593. The summed E-state index contributed by atoms with van der Waals surface area (Å²) in [6, 6.07) is 3.88. The van der Waals surface area contributed by atoms with Crippen LogP contribution in [0.15, 0.2) is 12.1 Å². The Balaban J connectivity index is 2.02. The van der Waals surface area contributed by atoms with E-state index in [0.717, 1.165) is 35.1 Å². The number of hydrogen-bond acceptors (Lipinski definition) is 3. The van der Waals surface area contributed by atoms with Crippen LogP contribution in [0.1, 0.15) is 24.1 Å². The number of rotatable bonds is 2. The van der Waals surface area contributed by atoms with Crippen molar-refractivity contribution < 1.29 is 9.84 Å². The summed E-state index contributed by atoms with van der Waals surface area (Å²) in [5, 5.41) is 10.4. The molecule has 4 heteroatoms. The number of hydrogen-bond donors (Lipinski definition) is 1. The average molecular weight is 247 g/mol. The molecule has 2 rings (SSSR count). The second-order valence-corrected chi connectivity index (χ2v) is 5.87. The molecule has 2 heterocycles. The minimum Gasteiger partial charge on any atom is -0.389 e. The molecule has 1 N–H and O–H groups in total. The summed E-state index contributed by atoms with van der Waals surface area (Å²) in [4.78, 5) is 1.16. The predicted molar refractivity (Wildman–Crippen MR) is 62.7 cm³/mol. The smallest absolute Gasteiger partial charge is 0.0931 e. The van der Waals surface area contributed by atoms with E-state index in [1.165, 1.54) is 0 Å². The number of aliphatic hydroxyl groups is 1. The van der Waals surface area contributed by atoms with Crippen molar-refractivity contribution in [3.8, 4) is 0 Å². The molecule has 0 radical (unpaired) electrons. The van der Waals surface area contributed by atoms with E-state index >= 15 is 0 Å². The molecule has 1 aliphatic rings. The standard InChI is InChI=1S/C11H15ClO2S/c12-10-3-2-9(15-10)8-11(13)4-1-6-14-7-5-11/h2-3,13H,1,4-8H2. The molecule has 1 unspecified atom stereocenters. The van der Waals surface area contributed by atoms with E-state index in [-0.39, 0.29) is 0 Å². The van der Waals surface area contributed by atoms with Gasteiger partial charge in [0.15, 0.2) is 0 Å². The molecular formula is C11H15ClO2S. The van der Waals surface area contributed by atoms with Crippen molar-refractivity contribution in [2.75, 3.05) is 13.2 Å². The highest BCUT2D eigenvalue weighted by atomic mass is 35.5. The number of ether oxygens (including phenoxy) is 1. The van der Waals surface area contributed by atoms with Crippen LogP contribution in [0.2, 0.25) is 4.34 Å². The highest BCUT2D eigenvalue weighted by Gasteiger charge is 2.29. The molecule has 15 heavy (non-hydrogen) atoms. The van der Waals surface area contributed by atoms with Crippen LogP contribution in [0.25, 0.3) is 0 Å².